The monoisotopic (exact) mass is 220 g/mol. The lowest BCUT2D eigenvalue weighted by Crippen LogP contribution is -2.24. The summed E-state index contributed by atoms with van der Waals surface area (Å²) >= 11 is 0. The molecule has 0 heteroatoms. The van der Waals surface area contributed by atoms with Crippen molar-refractivity contribution in [2.45, 2.75) is 61.3 Å². The third-order valence-corrected chi connectivity index (χ3v) is 4.38. The van der Waals surface area contributed by atoms with Crippen molar-refractivity contribution in [3.8, 4) is 0 Å². The van der Waals surface area contributed by atoms with E-state index >= 15 is 0 Å². The highest BCUT2D eigenvalue weighted by Gasteiger charge is 2.29. The molecule has 0 N–H and O–H groups in total. The molecule has 1 rings (SSSR count). The molecule has 0 bridgehead atoms. The lowest BCUT2D eigenvalue weighted by molar-refractivity contribution is 0.297. The van der Waals surface area contributed by atoms with Crippen molar-refractivity contribution < 1.29 is 0 Å². The topological polar surface area (TPSA) is 0 Å². The van der Waals surface area contributed by atoms with Gasteiger partial charge < -0.3 is 0 Å². The molecular formula is C16H28. The molecular weight excluding hydrogens is 192 g/mol. The van der Waals surface area contributed by atoms with Gasteiger partial charge in [0, 0.05) is 0 Å². The molecule has 0 amide bonds. The summed E-state index contributed by atoms with van der Waals surface area (Å²) in [6.45, 7) is 16.3. The average Bonchev–Trinajstić information content (AvgIpc) is 2.16. The van der Waals surface area contributed by atoms with Crippen LogP contribution in [0.3, 0.4) is 0 Å². The molecule has 0 aromatic carbocycles. The van der Waals surface area contributed by atoms with Crippen LogP contribution in [0.15, 0.2) is 23.3 Å². The third-order valence-electron chi connectivity index (χ3n) is 4.38. The summed E-state index contributed by atoms with van der Waals surface area (Å²) in [5, 5.41) is 0. The Morgan fingerprint density at radius 1 is 0.875 bits per heavy atom. The van der Waals surface area contributed by atoms with Crippen molar-refractivity contribution in [3.63, 3.8) is 0 Å². The summed E-state index contributed by atoms with van der Waals surface area (Å²) in [6, 6.07) is 0. The Morgan fingerprint density at radius 3 is 1.62 bits per heavy atom. The zero-order chi connectivity index (χ0) is 12.6. The Kier molecular flexibility index (Phi) is 3.72. The molecule has 0 fully saturated rings. The first kappa shape index (κ1) is 13.5. The molecule has 0 aromatic rings. The van der Waals surface area contributed by atoms with E-state index in [4.69, 9.17) is 0 Å². The zero-order valence-electron chi connectivity index (χ0n) is 12.1. The molecule has 92 valence electrons. The van der Waals surface area contributed by atoms with Gasteiger partial charge in [-0.05, 0) is 29.6 Å². The second kappa shape index (κ2) is 4.39. The quantitative estimate of drug-likeness (QED) is 0.587. The van der Waals surface area contributed by atoms with Crippen molar-refractivity contribution in [1.29, 1.82) is 0 Å². The second-order valence-electron chi connectivity index (χ2n) is 7.01. The molecule has 0 aromatic heterocycles. The lowest BCUT2D eigenvalue weighted by atomic mass is 9.70. The first-order chi connectivity index (χ1) is 7.15. The lowest BCUT2D eigenvalue weighted by Gasteiger charge is -2.36. The number of rotatable bonds is 2. The van der Waals surface area contributed by atoms with Crippen LogP contribution in [0.1, 0.15) is 61.3 Å². The van der Waals surface area contributed by atoms with Gasteiger partial charge in [-0.25, -0.2) is 0 Å². The summed E-state index contributed by atoms with van der Waals surface area (Å²) in [6.07, 6.45) is 7.23. The average molecular weight is 220 g/mol. The summed E-state index contributed by atoms with van der Waals surface area (Å²) < 4.78 is 0. The Bertz CT molecular complexity index is 305. The van der Waals surface area contributed by atoms with Crippen LogP contribution in [0.4, 0.5) is 0 Å². The van der Waals surface area contributed by atoms with Crippen molar-refractivity contribution in [2.75, 3.05) is 0 Å². The molecule has 0 unspecified atom stereocenters. The summed E-state index contributed by atoms with van der Waals surface area (Å²) in [7, 11) is 0. The molecule has 1 aliphatic carbocycles. The van der Waals surface area contributed by atoms with Crippen LogP contribution in [-0.2, 0) is 0 Å². The molecule has 0 saturated carbocycles. The van der Waals surface area contributed by atoms with E-state index in [-0.39, 0.29) is 0 Å². The van der Waals surface area contributed by atoms with E-state index < -0.39 is 0 Å². The highest BCUT2D eigenvalue weighted by Crippen LogP contribution is 2.42. The predicted molar refractivity (Wildman–Crippen MR) is 73.5 cm³/mol. The first-order valence-corrected chi connectivity index (χ1v) is 6.56. The minimum absolute atomic E-state index is 0.337. The highest BCUT2D eigenvalue weighted by molar-refractivity contribution is 5.30. The van der Waals surface area contributed by atoms with E-state index in [1.165, 1.54) is 12.8 Å². The fourth-order valence-electron chi connectivity index (χ4n) is 2.17. The first-order valence-electron chi connectivity index (χ1n) is 6.56. The Balaban J connectivity index is 2.91. The van der Waals surface area contributed by atoms with Crippen LogP contribution < -0.4 is 0 Å². The fourth-order valence-corrected chi connectivity index (χ4v) is 2.17. The maximum atomic E-state index is 2.38. The molecule has 0 nitrogen and oxygen atoms in total. The Labute approximate surface area is 102 Å². The molecule has 0 atom stereocenters. The molecule has 0 aliphatic heterocycles. The minimum atomic E-state index is 0.337. The molecule has 0 spiro atoms. The van der Waals surface area contributed by atoms with Crippen LogP contribution in [0.25, 0.3) is 0 Å². The molecule has 16 heavy (non-hydrogen) atoms. The number of allylic oxidation sites excluding steroid dienone is 4. The van der Waals surface area contributed by atoms with Crippen LogP contribution in [0.5, 0.6) is 0 Å². The van der Waals surface area contributed by atoms with Crippen molar-refractivity contribution >= 4 is 0 Å². The minimum Gasteiger partial charge on any atom is -0.0645 e. The van der Waals surface area contributed by atoms with Crippen LogP contribution in [-0.4, -0.2) is 0 Å². The van der Waals surface area contributed by atoms with Crippen molar-refractivity contribution in [3.05, 3.63) is 23.3 Å². The Morgan fingerprint density at radius 2 is 1.31 bits per heavy atom. The molecule has 0 heterocycles. The molecule has 0 radical (unpaired) electrons. The van der Waals surface area contributed by atoms with Gasteiger partial charge >= 0.3 is 0 Å². The zero-order valence-corrected chi connectivity index (χ0v) is 12.1. The van der Waals surface area contributed by atoms with Crippen molar-refractivity contribution in [1.82, 2.24) is 0 Å². The predicted octanol–water partition coefficient (Wildman–Crippen LogP) is 5.36. The van der Waals surface area contributed by atoms with Gasteiger partial charge in [0.1, 0.15) is 0 Å². The molecule has 1 aliphatic rings. The Hall–Kier alpha value is -0.520. The summed E-state index contributed by atoms with van der Waals surface area (Å²) in [4.78, 5) is 0. The maximum absolute atomic E-state index is 2.38. The van der Waals surface area contributed by atoms with Crippen LogP contribution in [0.2, 0.25) is 0 Å². The van der Waals surface area contributed by atoms with Crippen LogP contribution in [0, 0.1) is 16.7 Å². The summed E-state index contributed by atoms with van der Waals surface area (Å²) in [5.41, 5.74) is 3.90. The molecule has 0 saturated heterocycles. The van der Waals surface area contributed by atoms with Gasteiger partial charge in [0.25, 0.3) is 0 Å². The highest BCUT2D eigenvalue weighted by atomic mass is 14.3. The van der Waals surface area contributed by atoms with Gasteiger partial charge in [-0.2, -0.15) is 0 Å². The van der Waals surface area contributed by atoms with Gasteiger partial charge in [0.15, 0.2) is 0 Å². The van der Waals surface area contributed by atoms with E-state index in [0.717, 1.165) is 0 Å². The van der Waals surface area contributed by atoms with E-state index in [9.17, 15) is 0 Å². The number of hydrogen-bond acceptors (Lipinski definition) is 0. The largest absolute Gasteiger partial charge is 0.0645 e. The fraction of sp³-hybridized carbons (Fsp3) is 0.750. The maximum Gasteiger partial charge on any atom is -0.0118 e. The summed E-state index contributed by atoms with van der Waals surface area (Å²) in [5.74, 6) is 0.711. The van der Waals surface area contributed by atoms with Gasteiger partial charge in [0.2, 0.25) is 0 Å². The van der Waals surface area contributed by atoms with E-state index in [0.29, 0.717) is 16.7 Å². The standard InChI is InChI=1S/C16H28/c1-12(2)16(6,7)14-10-8-13(9-11-14)15(3,4)5/h8,10,12H,9,11H2,1-7H3. The smallest absolute Gasteiger partial charge is 0.0118 e. The van der Waals surface area contributed by atoms with Gasteiger partial charge in [-0.15, -0.1) is 0 Å². The van der Waals surface area contributed by atoms with Gasteiger partial charge in [0.05, 0.1) is 0 Å². The van der Waals surface area contributed by atoms with Crippen molar-refractivity contribution in [2.24, 2.45) is 16.7 Å². The second-order valence-corrected chi connectivity index (χ2v) is 7.01. The van der Waals surface area contributed by atoms with Crippen LogP contribution >= 0.6 is 0 Å². The SMILES string of the molecule is CC(C)C(C)(C)C1=CC=C(C(C)(C)C)CC1. The van der Waals surface area contributed by atoms with E-state index in [1.54, 1.807) is 11.1 Å². The van der Waals surface area contributed by atoms with Gasteiger partial charge in [-0.3, -0.25) is 0 Å². The van der Waals surface area contributed by atoms with Gasteiger partial charge in [-0.1, -0.05) is 71.8 Å². The normalized spacial score (nSPS) is 18.5. The number of hydrogen-bond donors (Lipinski definition) is 0. The van der Waals surface area contributed by atoms with E-state index in [2.05, 4.69) is 60.6 Å². The third kappa shape index (κ3) is 2.78. The van der Waals surface area contributed by atoms with E-state index in [1.807, 2.05) is 0 Å².